The van der Waals surface area contributed by atoms with Gasteiger partial charge in [-0.2, -0.15) is 0 Å². The molecule has 0 N–H and O–H groups in total. The Balaban J connectivity index is 2.01. The fraction of sp³-hybridized carbons (Fsp3) is 0.611. The van der Waals surface area contributed by atoms with E-state index >= 15 is 0 Å². The molecular formula is C18H28N2O3. The zero-order valence-corrected chi connectivity index (χ0v) is 14.8. The smallest absolute Gasteiger partial charge is 0.237 e. The molecule has 0 saturated heterocycles. The zero-order valence-electron chi connectivity index (χ0n) is 14.8. The van der Waals surface area contributed by atoms with Crippen LogP contribution in [0.25, 0.3) is 0 Å². The number of carbonyl (C=O) groups is 1. The molecule has 5 heteroatoms. The minimum Gasteiger partial charge on any atom is -0.454 e. The van der Waals surface area contributed by atoms with Crippen LogP contribution in [0.3, 0.4) is 0 Å². The minimum absolute atomic E-state index is 0.178. The topological polar surface area (TPSA) is 42.0 Å². The van der Waals surface area contributed by atoms with Crippen molar-refractivity contribution in [2.24, 2.45) is 0 Å². The molecule has 0 aliphatic carbocycles. The highest BCUT2D eigenvalue weighted by Crippen LogP contribution is 2.32. The van der Waals surface area contributed by atoms with Crippen molar-refractivity contribution in [2.45, 2.75) is 53.2 Å². The molecule has 1 aliphatic heterocycles. The van der Waals surface area contributed by atoms with Gasteiger partial charge in [-0.15, -0.1) is 0 Å². The molecule has 1 aromatic rings. The van der Waals surface area contributed by atoms with Gasteiger partial charge in [-0.05, 0) is 51.9 Å². The van der Waals surface area contributed by atoms with Crippen LogP contribution in [0.2, 0.25) is 0 Å². The van der Waals surface area contributed by atoms with Crippen LogP contribution >= 0.6 is 0 Å². The van der Waals surface area contributed by atoms with Gasteiger partial charge in [0.25, 0.3) is 0 Å². The van der Waals surface area contributed by atoms with Crippen LogP contribution in [0, 0.1) is 0 Å². The van der Waals surface area contributed by atoms with Gasteiger partial charge in [-0.3, -0.25) is 9.69 Å². The number of rotatable bonds is 7. The average Bonchev–Trinajstić information content (AvgIpc) is 2.93. The lowest BCUT2D eigenvalue weighted by Gasteiger charge is -2.33. The maximum atomic E-state index is 12.6. The standard InChI is InChI=1S/C18H28N2O3/c1-6-19(11-18(21)20(13(2)3)14(4)5)10-15-7-8-16-17(9-15)23-12-22-16/h7-9,13-14H,6,10-12H2,1-5H3. The molecule has 23 heavy (non-hydrogen) atoms. The largest absolute Gasteiger partial charge is 0.454 e. The van der Waals surface area contributed by atoms with Gasteiger partial charge in [0.05, 0.1) is 6.54 Å². The molecule has 0 radical (unpaired) electrons. The van der Waals surface area contributed by atoms with E-state index in [1.54, 1.807) is 0 Å². The Morgan fingerprint density at radius 1 is 1.13 bits per heavy atom. The van der Waals surface area contributed by atoms with E-state index in [2.05, 4.69) is 39.5 Å². The quantitative estimate of drug-likeness (QED) is 0.775. The Bertz CT molecular complexity index is 535. The molecule has 1 heterocycles. The molecule has 0 spiro atoms. The second-order valence-electron chi connectivity index (χ2n) is 6.48. The van der Waals surface area contributed by atoms with Gasteiger partial charge < -0.3 is 14.4 Å². The molecule has 5 nitrogen and oxygen atoms in total. The van der Waals surface area contributed by atoms with Crippen molar-refractivity contribution in [3.63, 3.8) is 0 Å². The fourth-order valence-corrected chi connectivity index (χ4v) is 3.02. The van der Waals surface area contributed by atoms with Crippen LogP contribution in [-0.2, 0) is 11.3 Å². The number of hydrogen-bond acceptors (Lipinski definition) is 4. The molecular weight excluding hydrogens is 292 g/mol. The Morgan fingerprint density at radius 3 is 2.39 bits per heavy atom. The molecule has 128 valence electrons. The summed E-state index contributed by atoms with van der Waals surface area (Å²) in [5.74, 6) is 1.76. The maximum absolute atomic E-state index is 12.6. The van der Waals surface area contributed by atoms with E-state index in [9.17, 15) is 4.79 Å². The summed E-state index contributed by atoms with van der Waals surface area (Å²) in [6.07, 6.45) is 0. The highest BCUT2D eigenvalue weighted by Gasteiger charge is 2.22. The second-order valence-corrected chi connectivity index (χ2v) is 6.48. The molecule has 0 aromatic heterocycles. The summed E-state index contributed by atoms with van der Waals surface area (Å²) < 4.78 is 10.8. The third-order valence-electron chi connectivity index (χ3n) is 4.05. The van der Waals surface area contributed by atoms with E-state index in [1.807, 2.05) is 23.1 Å². The normalized spacial score (nSPS) is 13.2. The highest BCUT2D eigenvalue weighted by molar-refractivity contribution is 5.78. The van der Waals surface area contributed by atoms with E-state index in [4.69, 9.17) is 9.47 Å². The Kier molecular flexibility index (Phi) is 5.88. The van der Waals surface area contributed by atoms with Crippen molar-refractivity contribution in [1.82, 2.24) is 9.80 Å². The molecule has 0 atom stereocenters. The Labute approximate surface area is 139 Å². The number of fused-ring (bicyclic) bond motifs is 1. The summed E-state index contributed by atoms with van der Waals surface area (Å²) in [6.45, 7) is 12.6. The number of ether oxygens (including phenoxy) is 2. The van der Waals surface area contributed by atoms with E-state index < -0.39 is 0 Å². The number of hydrogen-bond donors (Lipinski definition) is 0. The van der Waals surface area contributed by atoms with Crippen molar-refractivity contribution < 1.29 is 14.3 Å². The van der Waals surface area contributed by atoms with Crippen molar-refractivity contribution in [2.75, 3.05) is 19.9 Å². The molecule has 1 aromatic carbocycles. The van der Waals surface area contributed by atoms with E-state index in [-0.39, 0.29) is 24.8 Å². The van der Waals surface area contributed by atoms with Gasteiger partial charge in [0.15, 0.2) is 11.5 Å². The first-order valence-electron chi connectivity index (χ1n) is 8.34. The van der Waals surface area contributed by atoms with Gasteiger partial charge in [0.2, 0.25) is 12.7 Å². The van der Waals surface area contributed by atoms with Crippen LogP contribution in [0.15, 0.2) is 18.2 Å². The molecule has 1 aliphatic rings. The van der Waals surface area contributed by atoms with Crippen LogP contribution in [0.1, 0.15) is 40.2 Å². The van der Waals surface area contributed by atoms with Gasteiger partial charge in [0, 0.05) is 18.6 Å². The number of benzene rings is 1. The summed E-state index contributed by atoms with van der Waals surface area (Å²) in [6, 6.07) is 6.39. The number of nitrogens with zero attached hydrogens (tertiary/aromatic N) is 2. The average molecular weight is 320 g/mol. The van der Waals surface area contributed by atoms with Gasteiger partial charge in [0.1, 0.15) is 0 Å². The maximum Gasteiger partial charge on any atom is 0.237 e. The minimum atomic E-state index is 0.178. The highest BCUT2D eigenvalue weighted by atomic mass is 16.7. The first kappa shape index (κ1) is 17.6. The monoisotopic (exact) mass is 320 g/mol. The number of carbonyl (C=O) groups excluding carboxylic acids is 1. The summed E-state index contributed by atoms with van der Waals surface area (Å²) >= 11 is 0. The molecule has 0 fully saturated rings. The van der Waals surface area contributed by atoms with Crippen LogP contribution < -0.4 is 9.47 Å². The molecule has 2 rings (SSSR count). The second kappa shape index (κ2) is 7.68. The van der Waals surface area contributed by atoms with Crippen LogP contribution in [0.4, 0.5) is 0 Å². The van der Waals surface area contributed by atoms with E-state index in [0.717, 1.165) is 30.2 Å². The first-order chi connectivity index (χ1) is 10.9. The Morgan fingerprint density at radius 2 is 1.78 bits per heavy atom. The fourth-order valence-electron chi connectivity index (χ4n) is 3.02. The van der Waals surface area contributed by atoms with Crippen LogP contribution in [-0.4, -0.2) is 47.7 Å². The van der Waals surface area contributed by atoms with Crippen molar-refractivity contribution >= 4 is 5.91 Å². The van der Waals surface area contributed by atoms with Crippen molar-refractivity contribution in [3.05, 3.63) is 23.8 Å². The van der Waals surface area contributed by atoms with Gasteiger partial charge in [-0.1, -0.05) is 13.0 Å². The molecule has 0 saturated carbocycles. The molecule has 1 amide bonds. The SMILES string of the molecule is CCN(CC(=O)N(C(C)C)C(C)C)Cc1ccc2c(c1)OCO2. The third kappa shape index (κ3) is 4.38. The number of likely N-dealkylation sites (N-methyl/N-ethyl adjacent to an activating group) is 1. The predicted molar refractivity (Wildman–Crippen MR) is 90.6 cm³/mol. The first-order valence-corrected chi connectivity index (χ1v) is 8.34. The summed E-state index contributed by atoms with van der Waals surface area (Å²) in [4.78, 5) is 16.7. The lowest BCUT2D eigenvalue weighted by atomic mass is 10.1. The molecule has 0 unspecified atom stereocenters. The van der Waals surface area contributed by atoms with Gasteiger partial charge in [-0.25, -0.2) is 0 Å². The van der Waals surface area contributed by atoms with E-state index in [0.29, 0.717) is 6.54 Å². The number of amides is 1. The summed E-state index contributed by atoms with van der Waals surface area (Å²) in [7, 11) is 0. The van der Waals surface area contributed by atoms with Gasteiger partial charge >= 0.3 is 0 Å². The van der Waals surface area contributed by atoms with E-state index in [1.165, 1.54) is 0 Å². The lowest BCUT2D eigenvalue weighted by Crippen LogP contribution is -2.47. The van der Waals surface area contributed by atoms with Crippen molar-refractivity contribution in [3.8, 4) is 11.5 Å². The lowest BCUT2D eigenvalue weighted by molar-refractivity contribution is -0.136. The zero-order chi connectivity index (χ0) is 17.0. The Hall–Kier alpha value is -1.75. The third-order valence-corrected chi connectivity index (χ3v) is 4.05. The van der Waals surface area contributed by atoms with Crippen molar-refractivity contribution in [1.29, 1.82) is 0 Å². The van der Waals surface area contributed by atoms with Crippen LogP contribution in [0.5, 0.6) is 11.5 Å². The molecule has 0 bridgehead atoms. The summed E-state index contributed by atoms with van der Waals surface area (Å²) in [5, 5.41) is 0. The predicted octanol–water partition coefficient (Wildman–Crippen LogP) is 2.88. The summed E-state index contributed by atoms with van der Waals surface area (Å²) in [5.41, 5.74) is 1.13.